The van der Waals surface area contributed by atoms with Gasteiger partial charge in [0, 0.05) is 12.6 Å². The molecule has 0 aromatic heterocycles. The minimum atomic E-state index is -4.59. The number of hydrogen-bond acceptors (Lipinski definition) is 1. The first kappa shape index (κ1) is 15.8. The van der Waals surface area contributed by atoms with Crippen LogP contribution >= 0.6 is 0 Å². The third-order valence-electron chi connectivity index (χ3n) is 3.33. The summed E-state index contributed by atoms with van der Waals surface area (Å²) in [6, 6.07) is 1.98. The Labute approximate surface area is 120 Å². The zero-order valence-corrected chi connectivity index (χ0v) is 11.9. The quantitative estimate of drug-likeness (QED) is 0.767. The average Bonchev–Trinajstić information content (AvgIpc) is 3.18. The number of carbonyl (C=O) groups excluding carboxylic acids is 1. The first-order valence-electron chi connectivity index (χ1n) is 6.88. The van der Waals surface area contributed by atoms with Crippen molar-refractivity contribution in [2.75, 3.05) is 6.54 Å². The van der Waals surface area contributed by atoms with Crippen molar-refractivity contribution in [3.8, 4) is 0 Å². The molecule has 2 rings (SSSR count). The number of carbonyl (C=O) groups is 1. The molecule has 0 heterocycles. The molecule has 0 radical (unpaired) electrons. The van der Waals surface area contributed by atoms with Crippen molar-refractivity contribution in [1.82, 2.24) is 4.90 Å². The van der Waals surface area contributed by atoms with Crippen LogP contribution in [0.4, 0.5) is 17.6 Å². The Balaban J connectivity index is 2.32. The van der Waals surface area contributed by atoms with E-state index in [-0.39, 0.29) is 12.0 Å². The SMILES string of the molecule is CC(C)CN(C(=O)c1cc(C(F)(F)F)ccc1F)C1CC1. The minimum Gasteiger partial charge on any atom is -0.335 e. The summed E-state index contributed by atoms with van der Waals surface area (Å²) in [5, 5.41) is 0. The fourth-order valence-electron chi connectivity index (χ4n) is 2.20. The molecule has 0 unspecified atom stereocenters. The monoisotopic (exact) mass is 303 g/mol. The van der Waals surface area contributed by atoms with Gasteiger partial charge in [0.2, 0.25) is 0 Å². The number of nitrogens with zero attached hydrogens (tertiary/aromatic N) is 1. The van der Waals surface area contributed by atoms with Gasteiger partial charge < -0.3 is 4.90 Å². The molecule has 0 aliphatic heterocycles. The Morgan fingerprint density at radius 1 is 1.33 bits per heavy atom. The molecule has 1 saturated carbocycles. The molecule has 1 aliphatic carbocycles. The molecule has 6 heteroatoms. The van der Waals surface area contributed by atoms with Crippen LogP contribution in [0.5, 0.6) is 0 Å². The fraction of sp³-hybridized carbons (Fsp3) is 0.533. The Morgan fingerprint density at radius 2 is 1.95 bits per heavy atom. The Kier molecular flexibility index (Phi) is 4.25. The fourth-order valence-corrected chi connectivity index (χ4v) is 2.20. The van der Waals surface area contributed by atoms with Crippen LogP contribution in [0.25, 0.3) is 0 Å². The van der Waals surface area contributed by atoms with Gasteiger partial charge in [-0.3, -0.25) is 4.79 Å². The van der Waals surface area contributed by atoms with Crippen LogP contribution in [-0.4, -0.2) is 23.4 Å². The molecular formula is C15H17F4NO. The van der Waals surface area contributed by atoms with Crippen molar-refractivity contribution in [2.45, 2.75) is 38.9 Å². The summed E-state index contributed by atoms with van der Waals surface area (Å²) < 4.78 is 51.9. The van der Waals surface area contributed by atoms with Crippen LogP contribution in [0.2, 0.25) is 0 Å². The number of benzene rings is 1. The predicted molar refractivity (Wildman–Crippen MR) is 70.3 cm³/mol. The molecule has 1 aromatic carbocycles. The van der Waals surface area contributed by atoms with Crippen molar-refractivity contribution < 1.29 is 22.4 Å². The van der Waals surface area contributed by atoms with Crippen molar-refractivity contribution in [3.63, 3.8) is 0 Å². The van der Waals surface area contributed by atoms with E-state index in [0.717, 1.165) is 12.8 Å². The van der Waals surface area contributed by atoms with Gasteiger partial charge in [0.05, 0.1) is 11.1 Å². The number of rotatable bonds is 4. The van der Waals surface area contributed by atoms with Gasteiger partial charge in [-0.2, -0.15) is 13.2 Å². The molecule has 0 atom stereocenters. The highest BCUT2D eigenvalue weighted by atomic mass is 19.4. The predicted octanol–water partition coefficient (Wildman–Crippen LogP) is 4.11. The van der Waals surface area contributed by atoms with E-state index in [2.05, 4.69) is 0 Å². The maximum atomic E-state index is 13.8. The highest BCUT2D eigenvalue weighted by molar-refractivity contribution is 5.95. The lowest BCUT2D eigenvalue weighted by Gasteiger charge is -2.25. The summed E-state index contributed by atoms with van der Waals surface area (Å²) in [6.45, 7) is 4.23. The van der Waals surface area contributed by atoms with Crippen molar-refractivity contribution >= 4 is 5.91 Å². The Hall–Kier alpha value is -1.59. The lowest BCUT2D eigenvalue weighted by molar-refractivity contribution is -0.137. The zero-order valence-electron chi connectivity index (χ0n) is 11.9. The van der Waals surface area contributed by atoms with Gasteiger partial charge in [-0.1, -0.05) is 13.8 Å². The summed E-state index contributed by atoms with van der Waals surface area (Å²) in [6.07, 6.45) is -2.96. The molecular weight excluding hydrogens is 286 g/mol. The van der Waals surface area contributed by atoms with Gasteiger partial charge in [0.15, 0.2) is 0 Å². The third-order valence-corrected chi connectivity index (χ3v) is 3.33. The largest absolute Gasteiger partial charge is 0.416 e. The number of amides is 1. The molecule has 21 heavy (non-hydrogen) atoms. The standard InChI is InChI=1S/C15H17F4NO/c1-9(2)8-20(11-4-5-11)14(21)12-7-10(15(17,18)19)3-6-13(12)16/h3,6-7,9,11H,4-5,8H2,1-2H3. The number of halogens is 4. The molecule has 116 valence electrons. The van der Waals surface area contributed by atoms with Crippen LogP contribution in [-0.2, 0) is 6.18 Å². The summed E-state index contributed by atoms with van der Waals surface area (Å²) in [4.78, 5) is 13.9. The van der Waals surface area contributed by atoms with Crippen molar-refractivity contribution in [2.24, 2.45) is 5.92 Å². The average molecular weight is 303 g/mol. The topological polar surface area (TPSA) is 20.3 Å². The molecule has 1 aliphatic rings. The van der Waals surface area contributed by atoms with E-state index in [0.29, 0.717) is 24.7 Å². The Morgan fingerprint density at radius 3 is 2.43 bits per heavy atom. The van der Waals surface area contributed by atoms with Gasteiger partial charge in [-0.25, -0.2) is 4.39 Å². The second-order valence-electron chi connectivity index (χ2n) is 5.77. The summed E-state index contributed by atoms with van der Waals surface area (Å²) in [5.41, 5.74) is -1.51. The maximum absolute atomic E-state index is 13.8. The Bertz CT molecular complexity index is 535. The normalized spacial score (nSPS) is 15.4. The molecule has 0 N–H and O–H groups in total. The highest BCUT2D eigenvalue weighted by Crippen LogP contribution is 2.33. The van der Waals surface area contributed by atoms with E-state index in [1.54, 1.807) is 0 Å². The second kappa shape index (κ2) is 5.66. The van der Waals surface area contributed by atoms with Gasteiger partial charge in [-0.05, 0) is 37.0 Å². The first-order valence-corrected chi connectivity index (χ1v) is 6.88. The van der Waals surface area contributed by atoms with Crippen molar-refractivity contribution in [3.05, 3.63) is 35.1 Å². The van der Waals surface area contributed by atoms with E-state index in [4.69, 9.17) is 0 Å². The second-order valence-corrected chi connectivity index (χ2v) is 5.77. The molecule has 0 saturated heterocycles. The third kappa shape index (κ3) is 3.74. The highest BCUT2D eigenvalue weighted by Gasteiger charge is 2.36. The summed E-state index contributed by atoms with van der Waals surface area (Å²) in [7, 11) is 0. The van der Waals surface area contributed by atoms with Crippen LogP contribution in [0, 0.1) is 11.7 Å². The molecule has 1 fully saturated rings. The molecule has 1 amide bonds. The van der Waals surface area contributed by atoms with Gasteiger partial charge >= 0.3 is 6.18 Å². The zero-order chi connectivity index (χ0) is 15.8. The number of alkyl halides is 3. The lowest BCUT2D eigenvalue weighted by Crippen LogP contribution is -2.36. The van der Waals surface area contributed by atoms with Gasteiger partial charge in [0.25, 0.3) is 5.91 Å². The van der Waals surface area contributed by atoms with Crippen LogP contribution in [0.15, 0.2) is 18.2 Å². The molecule has 0 spiro atoms. The first-order chi connectivity index (χ1) is 9.70. The van der Waals surface area contributed by atoms with E-state index >= 15 is 0 Å². The van der Waals surface area contributed by atoms with E-state index in [1.165, 1.54) is 4.90 Å². The smallest absolute Gasteiger partial charge is 0.335 e. The van der Waals surface area contributed by atoms with Gasteiger partial charge in [-0.15, -0.1) is 0 Å². The van der Waals surface area contributed by atoms with Crippen LogP contribution < -0.4 is 0 Å². The van der Waals surface area contributed by atoms with E-state index in [1.807, 2.05) is 13.8 Å². The molecule has 1 aromatic rings. The maximum Gasteiger partial charge on any atom is 0.416 e. The minimum absolute atomic E-state index is 0.0221. The van der Waals surface area contributed by atoms with E-state index in [9.17, 15) is 22.4 Å². The summed E-state index contributed by atoms with van der Waals surface area (Å²) in [5.74, 6) is -1.40. The number of hydrogen-bond donors (Lipinski definition) is 0. The van der Waals surface area contributed by atoms with Crippen LogP contribution in [0.1, 0.15) is 42.6 Å². The summed E-state index contributed by atoms with van der Waals surface area (Å²) >= 11 is 0. The molecule has 2 nitrogen and oxygen atoms in total. The van der Waals surface area contributed by atoms with E-state index < -0.39 is 29.0 Å². The van der Waals surface area contributed by atoms with Crippen molar-refractivity contribution in [1.29, 1.82) is 0 Å². The van der Waals surface area contributed by atoms with Crippen LogP contribution in [0.3, 0.4) is 0 Å². The lowest BCUT2D eigenvalue weighted by atomic mass is 10.1. The van der Waals surface area contributed by atoms with Gasteiger partial charge in [0.1, 0.15) is 5.82 Å². The molecule has 0 bridgehead atoms.